The van der Waals surface area contributed by atoms with Crippen LogP contribution in [0.15, 0.2) is 29.2 Å². The van der Waals surface area contributed by atoms with Crippen LogP contribution in [0.3, 0.4) is 0 Å². The fourth-order valence-electron chi connectivity index (χ4n) is 2.30. The summed E-state index contributed by atoms with van der Waals surface area (Å²) in [5.74, 6) is -0.886. The summed E-state index contributed by atoms with van der Waals surface area (Å²) in [5.41, 5.74) is 0.383. The minimum Gasteiger partial charge on any atom is -0.351 e. The Labute approximate surface area is 140 Å². The van der Waals surface area contributed by atoms with Gasteiger partial charge in [-0.1, -0.05) is 12.1 Å². The second-order valence-corrected chi connectivity index (χ2v) is 9.57. The molecule has 24 heavy (non-hydrogen) atoms. The summed E-state index contributed by atoms with van der Waals surface area (Å²) in [7, 11) is -7.01. The van der Waals surface area contributed by atoms with Crippen molar-refractivity contribution in [3.05, 3.63) is 29.8 Å². The molecule has 2 rings (SSSR count). The van der Waals surface area contributed by atoms with Gasteiger partial charge in [-0.25, -0.2) is 21.6 Å². The van der Waals surface area contributed by atoms with Crippen LogP contribution in [0.5, 0.6) is 0 Å². The molecular weight excluding hydrogens is 356 g/mol. The molecule has 1 saturated heterocycles. The van der Waals surface area contributed by atoms with Crippen LogP contribution in [-0.2, 0) is 24.7 Å². The molecule has 1 heterocycles. The summed E-state index contributed by atoms with van der Waals surface area (Å²) >= 11 is 0. The highest BCUT2D eigenvalue weighted by Gasteiger charge is 2.29. The van der Waals surface area contributed by atoms with Gasteiger partial charge in [0, 0.05) is 11.6 Å². The molecule has 1 fully saturated rings. The number of benzene rings is 1. The van der Waals surface area contributed by atoms with E-state index in [1.54, 1.807) is 0 Å². The smallest absolute Gasteiger partial charge is 0.241 e. The monoisotopic (exact) mass is 374 g/mol. The molecule has 1 aliphatic heterocycles. The number of amides is 1. The van der Waals surface area contributed by atoms with Crippen molar-refractivity contribution in [3.8, 4) is 0 Å². The Morgan fingerprint density at radius 1 is 1.21 bits per heavy atom. The van der Waals surface area contributed by atoms with Gasteiger partial charge in [-0.3, -0.25) is 9.59 Å². The molecule has 1 unspecified atom stereocenters. The maximum absolute atomic E-state index is 12.1. The van der Waals surface area contributed by atoms with E-state index in [-0.39, 0.29) is 22.2 Å². The van der Waals surface area contributed by atoms with Crippen molar-refractivity contribution in [1.82, 2.24) is 10.0 Å². The average molecular weight is 374 g/mol. The molecule has 0 spiro atoms. The number of hydrogen-bond donors (Lipinski definition) is 2. The highest BCUT2D eigenvalue weighted by atomic mass is 32.2. The van der Waals surface area contributed by atoms with Crippen LogP contribution in [0.25, 0.3) is 0 Å². The van der Waals surface area contributed by atoms with Crippen LogP contribution in [-0.4, -0.2) is 52.6 Å². The van der Waals surface area contributed by atoms with Crippen molar-refractivity contribution in [1.29, 1.82) is 0 Å². The molecule has 1 aromatic carbocycles. The molecule has 132 valence electrons. The van der Waals surface area contributed by atoms with Gasteiger partial charge in [-0.15, -0.1) is 0 Å². The number of nitrogens with one attached hydrogen (secondary N) is 2. The lowest BCUT2D eigenvalue weighted by atomic mass is 10.2. The van der Waals surface area contributed by atoms with Gasteiger partial charge in [0.2, 0.25) is 15.9 Å². The third-order valence-corrected chi connectivity index (χ3v) is 6.78. The van der Waals surface area contributed by atoms with Gasteiger partial charge in [0.15, 0.2) is 15.6 Å². The molecule has 0 saturated carbocycles. The summed E-state index contributed by atoms with van der Waals surface area (Å²) in [5, 5.41) is 2.49. The predicted molar refractivity (Wildman–Crippen MR) is 86.8 cm³/mol. The number of hydrogen-bond acceptors (Lipinski definition) is 6. The van der Waals surface area contributed by atoms with Gasteiger partial charge in [0.25, 0.3) is 0 Å². The van der Waals surface area contributed by atoms with E-state index in [1.165, 1.54) is 31.2 Å². The molecule has 1 aromatic rings. The van der Waals surface area contributed by atoms with E-state index >= 15 is 0 Å². The second kappa shape index (κ2) is 6.99. The van der Waals surface area contributed by atoms with E-state index in [0.717, 1.165) is 0 Å². The number of carbonyl (C=O) groups is 2. The first kappa shape index (κ1) is 18.6. The lowest BCUT2D eigenvalue weighted by molar-refractivity contribution is -0.120. The average Bonchev–Trinajstić information content (AvgIpc) is 2.84. The standard InChI is InChI=1S/C14H18N2O6S2/c1-10(17)11-2-4-13(5-3-11)24(21,22)15-8-14(18)16-12-6-7-23(19,20)9-12/h2-5,12,15H,6-9H2,1H3,(H,16,18). The van der Waals surface area contributed by atoms with Crippen molar-refractivity contribution in [2.24, 2.45) is 0 Å². The predicted octanol–water partition coefficient (Wildman–Crippen LogP) is -0.529. The zero-order valence-electron chi connectivity index (χ0n) is 13.0. The molecule has 1 amide bonds. The van der Waals surface area contributed by atoms with Crippen molar-refractivity contribution >= 4 is 31.6 Å². The second-order valence-electron chi connectivity index (χ2n) is 5.57. The van der Waals surface area contributed by atoms with Gasteiger partial charge >= 0.3 is 0 Å². The maximum Gasteiger partial charge on any atom is 0.241 e. The van der Waals surface area contributed by atoms with Gasteiger partial charge in [-0.05, 0) is 25.5 Å². The number of ketones is 1. The molecule has 10 heteroatoms. The van der Waals surface area contributed by atoms with E-state index in [0.29, 0.717) is 12.0 Å². The summed E-state index contributed by atoms with van der Waals surface area (Å²) in [4.78, 5) is 22.9. The number of sulfonamides is 1. The number of Topliss-reactive ketones (excluding diaryl/α,β-unsaturated/α-hetero) is 1. The Bertz CT molecular complexity index is 844. The van der Waals surface area contributed by atoms with Crippen molar-refractivity contribution in [3.63, 3.8) is 0 Å². The first-order valence-corrected chi connectivity index (χ1v) is 10.5. The van der Waals surface area contributed by atoms with Crippen LogP contribution in [0.4, 0.5) is 0 Å². The Balaban J connectivity index is 1.92. The van der Waals surface area contributed by atoms with Gasteiger partial charge in [0.05, 0.1) is 22.9 Å². The molecule has 0 aromatic heterocycles. The minimum atomic E-state index is -3.89. The molecule has 0 aliphatic carbocycles. The van der Waals surface area contributed by atoms with E-state index in [1.807, 2.05) is 0 Å². The van der Waals surface area contributed by atoms with Crippen LogP contribution in [0.1, 0.15) is 23.7 Å². The zero-order valence-corrected chi connectivity index (χ0v) is 14.6. The lowest BCUT2D eigenvalue weighted by Gasteiger charge is -2.11. The third-order valence-electron chi connectivity index (χ3n) is 3.59. The first-order valence-electron chi connectivity index (χ1n) is 7.19. The van der Waals surface area contributed by atoms with E-state index in [9.17, 15) is 26.4 Å². The third kappa shape index (κ3) is 4.86. The quantitative estimate of drug-likeness (QED) is 0.645. The normalized spacial score (nSPS) is 19.8. The van der Waals surface area contributed by atoms with Crippen molar-refractivity contribution in [2.45, 2.75) is 24.3 Å². The van der Waals surface area contributed by atoms with Gasteiger partial charge < -0.3 is 5.32 Å². The van der Waals surface area contributed by atoms with Crippen LogP contribution >= 0.6 is 0 Å². The molecule has 0 bridgehead atoms. The Morgan fingerprint density at radius 3 is 2.33 bits per heavy atom. The first-order chi connectivity index (χ1) is 11.1. The molecule has 2 N–H and O–H groups in total. The van der Waals surface area contributed by atoms with E-state index in [2.05, 4.69) is 10.0 Å². The summed E-state index contributed by atoms with van der Waals surface area (Å²) in [6, 6.07) is 4.85. The number of rotatable bonds is 6. The van der Waals surface area contributed by atoms with Crippen molar-refractivity contribution in [2.75, 3.05) is 18.1 Å². The lowest BCUT2D eigenvalue weighted by Crippen LogP contribution is -2.42. The molecule has 8 nitrogen and oxygen atoms in total. The van der Waals surface area contributed by atoms with E-state index in [4.69, 9.17) is 0 Å². The Hall–Kier alpha value is -1.78. The van der Waals surface area contributed by atoms with Crippen LogP contribution in [0, 0.1) is 0 Å². The highest BCUT2D eigenvalue weighted by Crippen LogP contribution is 2.12. The number of sulfone groups is 1. The maximum atomic E-state index is 12.1. The topological polar surface area (TPSA) is 126 Å². The fraction of sp³-hybridized carbons (Fsp3) is 0.429. The van der Waals surface area contributed by atoms with Gasteiger partial charge in [-0.2, -0.15) is 0 Å². The zero-order chi connectivity index (χ0) is 18.0. The minimum absolute atomic E-state index is 0.0200. The fourth-order valence-corrected chi connectivity index (χ4v) is 4.96. The Kier molecular flexibility index (Phi) is 5.41. The van der Waals surface area contributed by atoms with Gasteiger partial charge in [0.1, 0.15) is 0 Å². The van der Waals surface area contributed by atoms with E-state index < -0.39 is 38.4 Å². The molecular formula is C14H18N2O6S2. The summed E-state index contributed by atoms with van der Waals surface area (Å²) in [6.07, 6.45) is 0.327. The number of carbonyl (C=O) groups excluding carboxylic acids is 2. The van der Waals surface area contributed by atoms with Crippen LogP contribution in [0.2, 0.25) is 0 Å². The van der Waals surface area contributed by atoms with Crippen molar-refractivity contribution < 1.29 is 26.4 Å². The van der Waals surface area contributed by atoms with Crippen LogP contribution < -0.4 is 10.0 Å². The largest absolute Gasteiger partial charge is 0.351 e. The summed E-state index contributed by atoms with van der Waals surface area (Å²) in [6.45, 7) is 0.878. The SMILES string of the molecule is CC(=O)c1ccc(S(=O)(=O)NCC(=O)NC2CCS(=O)(=O)C2)cc1. The highest BCUT2D eigenvalue weighted by molar-refractivity contribution is 7.91. The molecule has 1 aliphatic rings. The summed E-state index contributed by atoms with van der Waals surface area (Å²) < 4.78 is 48.9. The molecule has 0 radical (unpaired) electrons. The Morgan fingerprint density at radius 2 is 1.83 bits per heavy atom. The molecule has 1 atom stereocenters.